The van der Waals surface area contributed by atoms with Crippen LogP contribution in [0.3, 0.4) is 0 Å². The molecule has 1 aliphatic rings. The van der Waals surface area contributed by atoms with E-state index in [0.29, 0.717) is 0 Å². The maximum atomic E-state index is 11.1. The molecular formula is C14H21N3O2. The zero-order valence-electron chi connectivity index (χ0n) is 11.3. The van der Waals surface area contributed by atoms with Crippen molar-refractivity contribution in [3.05, 3.63) is 35.4 Å². The highest BCUT2D eigenvalue weighted by Gasteiger charge is 2.18. The number of hydroxylamine groups is 1. The van der Waals surface area contributed by atoms with E-state index in [4.69, 9.17) is 5.21 Å². The van der Waals surface area contributed by atoms with Gasteiger partial charge < -0.3 is 0 Å². The molecule has 0 saturated carbocycles. The van der Waals surface area contributed by atoms with Crippen LogP contribution in [0.2, 0.25) is 0 Å². The fourth-order valence-electron chi connectivity index (χ4n) is 2.41. The normalized spacial score (nSPS) is 17.4. The van der Waals surface area contributed by atoms with Crippen LogP contribution in [0.1, 0.15) is 11.1 Å². The zero-order chi connectivity index (χ0) is 13.7. The third kappa shape index (κ3) is 4.31. The van der Waals surface area contributed by atoms with Crippen molar-refractivity contribution in [2.45, 2.75) is 13.5 Å². The van der Waals surface area contributed by atoms with E-state index in [0.717, 1.165) is 32.7 Å². The van der Waals surface area contributed by atoms with Crippen LogP contribution in [-0.2, 0) is 11.3 Å². The van der Waals surface area contributed by atoms with Gasteiger partial charge in [0.15, 0.2) is 0 Å². The van der Waals surface area contributed by atoms with E-state index in [-0.39, 0.29) is 12.5 Å². The van der Waals surface area contributed by atoms with E-state index < -0.39 is 0 Å². The number of carbonyl (C=O) groups excluding carboxylic acids is 1. The smallest absolute Gasteiger partial charge is 0.257 e. The fraction of sp³-hybridized carbons (Fsp3) is 0.500. The summed E-state index contributed by atoms with van der Waals surface area (Å²) in [5.41, 5.74) is 4.30. The minimum Gasteiger partial charge on any atom is -0.297 e. The minimum atomic E-state index is -0.341. The van der Waals surface area contributed by atoms with Crippen LogP contribution in [0.25, 0.3) is 0 Å². The van der Waals surface area contributed by atoms with E-state index in [1.54, 1.807) is 5.48 Å². The second-order valence-corrected chi connectivity index (χ2v) is 5.08. The fourth-order valence-corrected chi connectivity index (χ4v) is 2.41. The third-order valence-corrected chi connectivity index (χ3v) is 3.45. The lowest BCUT2D eigenvalue weighted by molar-refractivity contribution is -0.130. The Kier molecular flexibility index (Phi) is 4.90. The lowest BCUT2D eigenvalue weighted by Gasteiger charge is -2.34. The molecule has 2 N–H and O–H groups in total. The minimum absolute atomic E-state index is 0.273. The third-order valence-electron chi connectivity index (χ3n) is 3.45. The second kappa shape index (κ2) is 6.65. The van der Waals surface area contributed by atoms with Crippen molar-refractivity contribution in [3.8, 4) is 0 Å². The van der Waals surface area contributed by atoms with Crippen LogP contribution < -0.4 is 5.48 Å². The summed E-state index contributed by atoms with van der Waals surface area (Å²) in [4.78, 5) is 15.5. The molecule has 0 radical (unpaired) electrons. The lowest BCUT2D eigenvalue weighted by Crippen LogP contribution is -2.48. The van der Waals surface area contributed by atoms with E-state index in [1.165, 1.54) is 11.1 Å². The topological polar surface area (TPSA) is 55.8 Å². The molecule has 0 aliphatic carbocycles. The highest BCUT2D eigenvalue weighted by atomic mass is 16.5. The Morgan fingerprint density at radius 1 is 1.26 bits per heavy atom. The molecule has 0 spiro atoms. The van der Waals surface area contributed by atoms with Gasteiger partial charge in [0, 0.05) is 32.7 Å². The number of benzene rings is 1. The van der Waals surface area contributed by atoms with Gasteiger partial charge in [-0.2, -0.15) is 0 Å². The van der Waals surface area contributed by atoms with Crippen LogP contribution in [0.5, 0.6) is 0 Å². The summed E-state index contributed by atoms with van der Waals surface area (Å²) in [6.07, 6.45) is 0. The number of carbonyl (C=O) groups is 1. The first kappa shape index (κ1) is 14.0. The van der Waals surface area contributed by atoms with Gasteiger partial charge in [0.05, 0.1) is 6.54 Å². The first-order valence-electron chi connectivity index (χ1n) is 6.60. The molecule has 19 heavy (non-hydrogen) atoms. The van der Waals surface area contributed by atoms with E-state index >= 15 is 0 Å². The molecule has 1 fully saturated rings. The van der Waals surface area contributed by atoms with Gasteiger partial charge in [0.25, 0.3) is 5.91 Å². The van der Waals surface area contributed by atoms with Gasteiger partial charge in [-0.3, -0.25) is 19.8 Å². The van der Waals surface area contributed by atoms with Crippen molar-refractivity contribution in [3.63, 3.8) is 0 Å². The number of nitrogens with zero attached hydrogens (tertiary/aromatic N) is 2. The molecule has 1 heterocycles. The van der Waals surface area contributed by atoms with Crippen molar-refractivity contribution in [1.29, 1.82) is 0 Å². The first-order valence-corrected chi connectivity index (χ1v) is 6.60. The van der Waals surface area contributed by atoms with Crippen LogP contribution in [0, 0.1) is 6.92 Å². The van der Waals surface area contributed by atoms with Gasteiger partial charge in [0.1, 0.15) is 0 Å². The molecule has 2 rings (SSSR count). The molecule has 1 saturated heterocycles. The molecule has 1 aromatic rings. The van der Waals surface area contributed by atoms with Crippen molar-refractivity contribution >= 4 is 5.91 Å². The van der Waals surface area contributed by atoms with Crippen LogP contribution in [0.15, 0.2) is 24.3 Å². The van der Waals surface area contributed by atoms with Crippen molar-refractivity contribution in [2.75, 3.05) is 32.7 Å². The van der Waals surface area contributed by atoms with Crippen LogP contribution in [-0.4, -0.2) is 53.6 Å². The number of piperazine rings is 1. The average molecular weight is 263 g/mol. The molecule has 1 aromatic carbocycles. The molecule has 0 atom stereocenters. The highest BCUT2D eigenvalue weighted by molar-refractivity contribution is 5.76. The van der Waals surface area contributed by atoms with Crippen LogP contribution in [0.4, 0.5) is 0 Å². The lowest BCUT2D eigenvalue weighted by atomic mass is 10.1. The monoisotopic (exact) mass is 263 g/mol. The quantitative estimate of drug-likeness (QED) is 0.617. The van der Waals surface area contributed by atoms with Gasteiger partial charge in [0.2, 0.25) is 0 Å². The number of aryl methyl sites for hydroxylation is 1. The highest BCUT2D eigenvalue weighted by Crippen LogP contribution is 2.10. The Hall–Kier alpha value is -1.43. The summed E-state index contributed by atoms with van der Waals surface area (Å²) < 4.78 is 0. The Bertz CT molecular complexity index is 428. The molecule has 1 amide bonds. The maximum absolute atomic E-state index is 11.1. The van der Waals surface area contributed by atoms with Gasteiger partial charge >= 0.3 is 0 Å². The predicted molar refractivity (Wildman–Crippen MR) is 72.8 cm³/mol. The Balaban J connectivity index is 1.79. The SMILES string of the molecule is Cc1cccc(CN2CCN(CC(=O)NO)CC2)c1. The average Bonchev–Trinajstić information content (AvgIpc) is 2.41. The number of amides is 1. The number of hydrogen-bond donors (Lipinski definition) is 2. The molecule has 104 valence electrons. The summed E-state index contributed by atoms with van der Waals surface area (Å²) in [6.45, 7) is 6.96. The van der Waals surface area contributed by atoms with E-state index in [2.05, 4.69) is 41.0 Å². The maximum Gasteiger partial charge on any atom is 0.257 e. The molecule has 0 bridgehead atoms. The molecule has 0 aromatic heterocycles. The van der Waals surface area contributed by atoms with Crippen molar-refractivity contribution in [1.82, 2.24) is 15.3 Å². The summed E-state index contributed by atoms with van der Waals surface area (Å²) >= 11 is 0. The summed E-state index contributed by atoms with van der Waals surface area (Å²) in [6, 6.07) is 8.56. The van der Waals surface area contributed by atoms with Gasteiger partial charge in [-0.1, -0.05) is 29.8 Å². The predicted octanol–water partition coefficient (Wildman–Crippen LogP) is 0.618. The number of hydrogen-bond acceptors (Lipinski definition) is 4. The van der Waals surface area contributed by atoms with Crippen LogP contribution >= 0.6 is 0 Å². The second-order valence-electron chi connectivity index (χ2n) is 5.08. The first-order chi connectivity index (χ1) is 9.17. The zero-order valence-corrected chi connectivity index (χ0v) is 11.3. The summed E-state index contributed by atoms with van der Waals surface area (Å²) in [5.74, 6) is -0.341. The Morgan fingerprint density at radius 3 is 2.58 bits per heavy atom. The number of nitrogens with one attached hydrogen (secondary N) is 1. The van der Waals surface area contributed by atoms with Gasteiger partial charge in [-0.15, -0.1) is 0 Å². The Labute approximate surface area is 113 Å². The standard InChI is InChI=1S/C14H21N3O2/c1-12-3-2-4-13(9-12)10-16-5-7-17(8-6-16)11-14(18)15-19/h2-4,9,19H,5-8,10-11H2,1H3,(H,15,18). The molecule has 5 heteroatoms. The van der Waals surface area contributed by atoms with E-state index in [9.17, 15) is 4.79 Å². The van der Waals surface area contributed by atoms with Gasteiger partial charge in [-0.05, 0) is 12.5 Å². The Morgan fingerprint density at radius 2 is 1.95 bits per heavy atom. The van der Waals surface area contributed by atoms with Gasteiger partial charge in [-0.25, -0.2) is 5.48 Å². The summed E-state index contributed by atoms with van der Waals surface area (Å²) in [7, 11) is 0. The van der Waals surface area contributed by atoms with Crippen molar-refractivity contribution < 1.29 is 10.0 Å². The molecule has 1 aliphatic heterocycles. The molecular weight excluding hydrogens is 242 g/mol. The molecule has 5 nitrogen and oxygen atoms in total. The number of rotatable bonds is 4. The largest absolute Gasteiger partial charge is 0.297 e. The summed E-state index contributed by atoms with van der Waals surface area (Å²) in [5, 5.41) is 8.50. The molecule has 0 unspecified atom stereocenters. The van der Waals surface area contributed by atoms with Crippen molar-refractivity contribution in [2.24, 2.45) is 0 Å². The van der Waals surface area contributed by atoms with E-state index in [1.807, 2.05) is 0 Å².